The van der Waals surface area contributed by atoms with Crippen molar-refractivity contribution in [2.45, 2.75) is 24.2 Å². The summed E-state index contributed by atoms with van der Waals surface area (Å²) >= 11 is 1.68. The van der Waals surface area contributed by atoms with E-state index in [2.05, 4.69) is 10.1 Å². The predicted molar refractivity (Wildman–Crippen MR) is 102 cm³/mol. The number of hydrogen-bond acceptors (Lipinski definition) is 5. The second-order valence-electron chi connectivity index (χ2n) is 6.43. The fraction of sp³-hybridized carbons (Fsp3) is 0.250. The van der Waals surface area contributed by atoms with E-state index in [1.807, 2.05) is 61.7 Å². The molecule has 1 aromatic heterocycles. The van der Waals surface area contributed by atoms with Gasteiger partial charge in [0, 0.05) is 29.1 Å². The van der Waals surface area contributed by atoms with Gasteiger partial charge in [0.1, 0.15) is 0 Å². The molecule has 1 atom stereocenters. The third kappa shape index (κ3) is 3.24. The monoisotopic (exact) mass is 365 g/mol. The number of carbonyl (C=O) groups is 1. The molecule has 2 aromatic carbocycles. The third-order valence-electron chi connectivity index (χ3n) is 4.61. The van der Waals surface area contributed by atoms with Gasteiger partial charge in [-0.25, -0.2) is 0 Å². The molecule has 0 aliphatic carbocycles. The quantitative estimate of drug-likeness (QED) is 0.646. The molecule has 1 fully saturated rings. The second-order valence-corrected chi connectivity index (χ2v) is 7.31. The Hall–Kier alpha value is -2.60. The van der Waals surface area contributed by atoms with Gasteiger partial charge in [-0.1, -0.05) is 35.0 Å². The van der Waals surface area contributed by atoms with Crippen LogP contribution in [0, 0.1) is 6.92 Å². The number of benzene rings is 2. The third-order valence-corrected chi connectivity index (χ3v) is 5.35. The van der Waals surface area contributed by atoms with E-state index in [-0.39, 0.29) is 11.8 Å². The number of anilines is 1. The van der Waals surface area contributed by atoms with Gasteiger partial charge < -0.3 is 9.42 Å². The van der Waals surface area contributed by atoms with Crippen LogP contribution in [0.4, 0.5) is 5.69 Å². The van der Waals surface area contributed by atoms with Crippen LogP contribution in [0.5, 0.6) is 0 Å². The largest absolute Gasteiger partial charge is 0.339 e. The van der Waals surface area contributed by atoms with Gasteiger partial charge in [-0.3, -0.25) is 4.79 Å². The van der Waals surface area contributed by atoms with E-state index >= 15 is 0 Å². The topological polar surface area (TPSA) is 59.2 Å². The minimum absolute atomic E-state index is 0.0746. The van der Waals surface area contributed by atoms with Gasteiger partial charge in [-0.15, -0.1) is 11.8 Å². The number of nitrogens with zero attached hydrogens (tertiary/aromatic N) is 3. The number of rotatable bonds is 4. The number of amides is 1. The lowest BCUT2D eigenvalue weighted by molar-refractivity contribution is -0.117. The molecule has 1 aliphatic heterocycles. The molecule has 26 heavy (non-hydrogen) atoms. The zero-order valence-corrected chi connectivity index (χ0v) is 15.5. The van der Waals surface area contributed by atoms with Gasteiger partial charge in [-0.2, -0.15) is 4.98 Å². The first-order chi connectivity index (χ1) is 12.6. The zero-order valence-electron chi connectivity index (χ0n) is 14.7. The smallest absolute Gasteiger partial charge is 0.232 e. The van der Waals surface area contributed by atoms with Crippen LogP contribution in [0.2, 0.25) is 0 Å². The van der Waals surface area contributed by atoms with Crippen LogP contribution < -0.4 is 4.90 Å². The van der Waals surface area contributed by atoms with Crippen LogP contribution in [-0.2, 0) is 4.79 Å². The highest BCUT2D eigenvalue weighted by molar-refractivity contribution is 7.98. The van der Waals surface area contributed by atoms with E-state index in [0.717, 1.165) is 11.3 Å². The Kier molecular flexibility index (Phi) is 4.51. The molecule has 5 nitrogen and oxygen atoms in total. The predicted octanol–water partition coefficient (Wildman–Crippen LogP) is 4.29. The Labute approximate surface area is 156 Å². The molecule has 1 saturated heterocycles. The number of aryl methyl sites for hydroxylation is 1. The average Bonchev–Trinajstić information content (AvgIpc) is 3.29. The number of hydrogen-bond donors (Lipinski definition) is 0. The molecule has 6 heteroatoms. The fourth-order valence-electron chi connectivity index (χ4n) is 3.11. The number of thioether (sulfide) groups is 1. The van der Waals surface area contributed by atoms with Crippen molar-refractivity contribution in [1.82, 2.24) is 10.1 Å². The molecule has 0 radical (unpaired) electrons. The lowest BCUT2D eigenvalue weighted by Gasteiger charge is -2.16. The Bertz CT molecular complexity index is 919. The van der Waals surface area contributed by atoms with Crippen molar-refractivity contribution in [1.29, 1.82) is 0 Å². The summed E-state index contributed by atoms with van der Waals surface area (Å²) in [5.41, 5.74) is 3.01. The van der Waals surface area contributed by atoms with Crippen LogP contribution in [-0.4, -0.2) is 28.8 Å². The summed E-state index contributed by atoms with van der Waals surface area (Å²) in [5.74, 6) is 1.10. The number of aromatic nitrogens is 2. The summed E-state index contributed by atoms with van der Waals surface area (Å²) in [5, 5.41) is 4.09. The minimum atomic E-state index is -0.0746. The highest BCUT2D eigenvalue weighted by Crippen LogP contribution is 2.32. The molecular formula is C20H19N3O2S. The lowest BCUT2D eigenvalue weighted by Crippen LogP contribution is -2.24. The van der Waals surface area contributed by atoms with E-state index in [9.17, 15) is 4.79 Å². The van der Waals surface area contributed by atoms with Crippen LogP contribution in [0.25, 0.3) is 11.4 Å². The van der Waals surface area contributed by atoms with Gasteiger partial charge in [-0.05, 0) is 37.4 Å². The molecule has 1 aliphatic rings. The molecule has 4 rings (SSSR count). The number of carbonyl (C=O) groups excluding carboxylic acids is 1. The zero-order chi connectivity index (χ0) is 18.1. The molecule has 3 aromatic rings. The minimum Gasteiger partial charge on any atom is -0.339 e. The van der Waals surface area contributed by atoms with Gasteiger partial charge in [0.05, 0.1) is 5.92 Å². The maximum absolute atomic E-state index is 12.5. The van der Waals surface area contributed by atoms with Crippen molar-refractivity contribution >= 4 is 23.4 Å². The van der Waals surface area contributed by atoms with Gasteiger partial charge in [0.25, 0.3) is 0 Å². The summed E-state index contributed by atoms with van der Waals surface area (Å²) in [4.78, 5) is 20.0. The maximum Gasteiger partial charge on any atom is 0.232 e. The molecule has 1 unspecified atom stereocenters. The fourth-order valence-corrected chi connectivity index (χ4v) is 3.51. The normalized spacial score (nSPS) is 17.1. The molecule has 132 valence electrons. The Morgan fingerprint density at radius 1 is 1.12 bits per heavy atom. The van der Waals surface area contributed by atoms with Crippen molar-refractivity contribution in [3.63, 3.8) is 0 Å². The van der Waals surface area contributed by atoms with Gasteiger partial charge >= 0.3 is 0 Å². The second kappa shape index (κ2) is 6.96. The van der Waals surface area contributed by atoms with E-state index in [1.165, 1.54) is 10.5 Å². The average molecular weight is 365 g/mol. The van der Waals surface area contributed by atoms with Crippen LogP contribution in [0.1, 0.15) is 23.8 Å². The van der Waals surface area contributed by atoms with Crippen molar-refractivity contribution < 1.29 is 9.32 Å². The highest BCUT2D eigenvalue weighted by atomic mass is 32.2. The summed E-state index contributed by atoms with van der Waals surface area (Å²) in [7, 11) is 0. The first-order valence-electron chi connectivity index (χ1n) is 8.49. The van der Waals surface area contributed by atoms with Crippen LogP contribution >= 0.6 is 11.8 Å². The molecular weight excluding hydrogens is 346 g/mol. The Morgan fingerprint density at radius 2 is 1.85 bits per heavy atom. The maximum atomic E-state index is 12.5. The van der Waals surface area contributed by atoms with Crippen molar-refractivity contribution in [2.24, 2.45) is 0 Å². The molecule has 0 saturated carbocycles. The lowest BCUT2D eigenvalue weighted by atomic mass is 10.1. The van der Waals surface area contributed by atoms with E-state index in [0.29, 0.717) is 24.7 Å². The highest BCUT2D eigenvalue weighted by Gasteiger charge is 2.35. The Morgan fingerprint density at radius 3 is 2.54 bits per heavy atom. The SMILES string of the molecule is CSc1ccc(N2CC(c3nc(-c4ccc(C)cc4)no3)CC2=O)cc1. The van der Waals surface area contributed by atoms with Crippen molar-refractivity contribution in [3.05, 3.63) is 60.0 Å². The van der Waals surface area contributed by atoms with E-state index in [1.54, 1.807) is 16.7 Å². The first-order valence-corrected chi connectivity index (χ1v) is 9.71. The van der Waals surface area contributed by atoms with Crippen molar-refractivity contribution in [3.8, 4) is 11.4 Å². The summed E-state index contributed by atoms with van der Waals surface area (Å²) < 4.78 is 5.46. The van der Waals surface area contributed by atoms with Crippen molar-refractivity contribution in [2.75, 3.05) is 17.7 Å². The summed E-state index contributed by atoms with van der Waals surface area (Å²) in [6.07, 6.45) is 2.42. The first kappa shape index (κ1) is 16.8. The van der Waals surface area contributed by atoms with Crippen LogP contribution in [0.15, 0.2) is 57.9 Å². The molecule has 0 bridgehead atoms. The van der Waals surface area contributed by atoms with Crippen LogP contribution in [0.3, 0.4) is 0 Å². The molecule has 2 heterocycles. The standard InChI is InChI=1S/C20H19N3O2S/c1-13-3-5-14(6-4-13)19-21-20(25-22-19)15-11-18(24)23(12-15)16-7-9-17(26-2)10-8-16/h3-10,15H,11-12H2,1-2H3. The molecule has 0 N–H and O–H groups in total. The van der Waals surface area contributed by atoms with Gasteiger partial charge in [0.2, 0.25) is 17.6 Å². The Balaban J connectivity index is 1.52. The van der Waals surface area contributed by atoms with E-state index in [4.69, 9.17) is 4.52 Å². The van der Waals surface area contributed by atoms with Gasteiger partial charge in [0.15, 0.2) is 0 Å². The van der Waals surface area contributed by atoms with E-state index < -0.39 is 0 Å². The molecule has 1 amide bonds. The summed E-state index contributed by atoms with van der Waals surface area (Å²) in [6.45, 7) is 2.60. The molecule has 0 spiro atoms. The summed E-state index contributed by atoms with van der Waals surface area (Å²) in [6, 6.07) is 16.0.